The molecule has 0 unspecified atom stereocenters. The molecule has 29 heavy (non-hydrogen) atoms. The van der Waals surface area contributed by atoms with Crippen molar-refractivity contribution in [2.24, 2.45) is 0 Å². The number of thiocarbonyl (C=S) groups is 1. The van der Waals surface area contributed by atoms with Gasteiger partial charge in [0.1, 0.15) is 10.7 Å². The first kappa shape index (κ1) is 21.3. The monoisotopic (exact) mass is 412 g/mol. The molecule has 1 N–H and O–H groups in total. The topological polar surface area (TPSA) is 50.8 Å². The Hall–Kier alpha value is -2.44. The molecule has 1 heterocycles. The molecule has 6 heteroatoms. The van der Waals surface area contributed by atoms with Crippen LogP contribution in [0.2, 0.25) is 0 Å². The van der Waals surface area contributed by atoms with Gasteiger partial charge in [0, 0.05) is 24.3 Å². The van der Waals surface area contributed by atoms with Gasteiger partial charge >= 0.3 is 0 Å². The lowest BCUT2D eigenvalue weighted by Crippen LogP contribution is -2.47. The third kappa shape index (κ3) is 5.55. The van der Waals surface area contributed by atoms with Gasteiger partial charge in [-0.1, -0.05) is 30.4 Å². The average molecular weight is 413 g/mol. The van der Waals surface area contributed by atoms with E-state index in [0.717, 1.165) is 40.5 Å². The van der Waals surface area contributed by atoms with Crippen LogP contribution in [0.15, 0.2) is 42.5 Å². The maximum atomic E-state index is 12.3. The summed E-state index contributed by atoms with van der Waals surface area (Å²) in [4.78, 5) is 15.3. The Labute approximate surface area is 178 Å². The maximum absolute atomic E-state index is 12.3. The van der Waals surface area contributed by atoms with Gasteiger partial charge in [-0.15, -0.1) is 0 Å². The zero-order valence-corrected chi connectivity index (χ0v) is 18.2. The normalized spacial score (nSPS) is 19.0. The van der Waals surface area contributed by atoms with Gasteiger partial charge in [-0.2, -0.15) is 0 Å². The molecule has 0 aliphatic carbocycles. The van der Waals surface area contributed by atoms with Crippen LogP contribution in [0.25, 0.3) is 0 Å². The molecule has 5 nitrogen and oxygen atoms in total. The Morgan fingerprint density at radius 3 is 2.28 bits per heavy atom. The van der Waals surface area contributed by atoms with Crippen LogP contribution >= 0.6 is 12.2 Å². The fourth-order valence-electron chi connectivity index (χ4n) is 3.56. The number of para-hydroxylation sites is 1. The van der Waals surface area contributed by atoms with Crippen molar-refractivity contribution >= 4 is 28.8 Å². The highest BCUT2D eigenvalue weighted by Crippen LogP contribution is 2.20. The molecule has 2 aromatic carbocycles. The number of amides is 1. The molecule has 0 aromatic heterocycles. The van der Waals surface area contributed by atoms with Gasteiger partial charge in [0.2, 0.25) is 0 Å². The third-order valence-corrected chi connectivity index (χ3v) is 5.42. The van der Waals surface area contributed by atoms with E-state index in [9.17, 15) is 4.79 Å². The van der Waals surface area contributed by atoms with E-state index in [1.165, 1.54) is 0 Å². The summed E-state index contributed by atoms with van der Waals surface area (Å²) in [5.74, 6) is 0.454. The fraction of sp³-hybridized carbons (Fsp3) is 0.391. The van der Waals surface area contributed by atoms with Crippen LogP contribution in [0, 0.1) is 13.8 Å². The van der Waals surface area contributed by atoms with Gasteiger partial charge in [-0.3, -0.25) is 4.79 Å². The number of nitrogens with zero attached hydrogens (tertiary/aromatic N) is 1. The summed E-state index contributed by atoms with van der Waals surface area (Å²) < 4.78 is 11.4. The molecule has 3 rings (SSSR count). The third-order valence-electron chi connectivity index (χ3n) is 4.92. The first-order valence-corrected chi connectivity index (χ1v) is 10.3. The van der Waals surface area contributed by atoms with Gasteiger partial charge in [0.15, 0.2) is 6.61 Å². The standard InChI is InChI=1S/C23H28N2O3S/c1-15-6-5-7-16(2)22(15)24-21(26)14-27-20-10-8-19(9-11-20)23(29)25-12-17(3)28-18(4)13-25/h5-11,17-18H,12-14H2,1-4H3,(H,24,26)/t17-,18-/m0/s1. The van der Waals surface area contributed by atoms with Crippen LogP contribution in [0.1, 0.15) is 30.5 Å². The van der Waals surface area contributed by atoms with E-state index in [1.54, 1.807) is 0 Å². The van der Waals surface area contributed by atoms with Crippen LogP contribution in [0.4, 0.5) is 5.69 Å². The summed E-state index contributed by atoms with van der Waals surface area (Å²) in [6.45, 7) is 9.61. The molecule has 2 aromatic rings. The van der Waals surface area contributed by atoms with Crippen LogP contribution < -0.4 is 10.1 Å². The quantitative estimate of drug-likeness (QED) is 0.749. The Balaban J connectivity index is 1.55. The molecule has 0 spiro atoms. The number of anilines is 1. The van der Waals surface area contributed by atoms with E-state index in [-0.39, 0.29) is 24.7 Å². The minimum Gasteiger partial charge on any atom is -0.484 e. The van der Waals surface area contributed by atoms with E-state index in [0.29, 0.717) is 5.75 Å². The zero-order chi connectivity index (χ0) is 21.0. The molecule has 0 bridgehead atoms. The lowest BCUT2D eigenvalue weighted by molar-refractivity contribution is -0.118. The van der Waals surface area contributed by atoms with Gasteiger partial charge in [0.05, 0.1) is 12.2 Å². The van der Waals surface area contributed by atoms with Crippen LogP contribution in [0.3, 0.4) is 0 Å². The largest absolute Gasteiger partial charge is 0.484 e. The molecule has 1 aliphatic heterocycles. The van der Waals surface area contributed by atoms with Crippen molar-refractivity contribution in [3.05, 3.63) is 59.2 Å². The highest BCUT2D eigenvalue weighted by Gasteiger charge is 2.24. The molecule has 1 amide bonds. The smallest absolute Gasteiger partial charge is 0.262 e. The number of benzene rings is 2. The van der Waals surface area contributed by atoms with Gasteiger partial charge in [-0.25, -0.2) is 0 Å². The Kier molecular flexibility index (Phi) is 6.87. The molecule has 0 saturated carbocycles. The highest BCUT2D eigenvalue weighted by atomic mass is 32.1. The van der Waals surface area contributed by atoms with Crippen LogP contribution in [0.5, 0.6) is 5.75 Å². The van der Waals surface area contributed by atoms with Crippen LogP contribution in [-0.2, 0) is 9.53 Å². The van der Waals surface area contributed by atoms with Crippen molar-refractivity contribution in [1.82, 2.24) is 4.90 Å². The Bertz CT molecular complexity index is 852. The molecule has 154 valence electrons. The second-order valence-electron chi connectivity index (χ2n) is 7.60. The molecular formula is C23H28N2O3S. The van der Waals surface area contributed by atoms with Crippen molar-refractivity contribution < 1.29 is 14.3 Å². The molecule has 1 fully saturated rings. The minimum atomic E-state index is -0.182. The van der Waals surface area contributed by atoms with Crippen molar-refractivity contribution in [2.45, 2.75) is 39.9 Å². The van der Waals surface area contributed by atoms with Gasteiger partial charge < -0.3 is 19.7 Å². The number of ether oxygens (including phenoxy) is 2. The minimum absolute atomic E-state index is 0.0456. The number of carbonyl (C=O) groups is 1. The summed E-state index contributed by atoms with van der Waals surface area (Å²) in [7, 11) is 0. The molecule has 2 atom stereocenters. The summed E-state index contributed by atoms with van der Waals surface area (Å²) in [5, 5.41) is 2.93. The summed E-state index contributed by atoms with van der Waals surface area (Å²) in [6.07, 6.45) is 0.324. The van der Waals surface area contributed by atoms with E-state index in [4.69, 9.17) is 21.7 Å². The second kappa shape index (κ2) is 9.37. The van der Waals surface area contributed by atoms with Crippen molar-refractivity contribution in [3.8, 4) is 5.75 Å². The fourth-order valence-corrected chi connectivity index (χ4v) is 3.84. The van der Waals surface area contributed by atoms with Crippen molar-refractivity contribution in [2.75, 3.05) is 25.0 Å². The summed E-state index contributed by atoms with van der Waals surface area (Å²) in [5.41, 5.74) is 3.87. The number of hydrogen-bond donors (Lipinski definition) is 1. The average Bonchev–Trinajstić information content (AvgIpc) is 2.68. The maximum Gasteiger partial charge on any atom is 0.262 e. The van der Waals surface area contributed by atoms with Gasteiger partial charge in [0.25, 0.3) is 5.91 Å². The first-order chi connectivity index (χ1) is 13.8. The molecule has 0 radical (unpaired) electrons. The van der Waals surface area contributed by atoms with Gasteiger partial charge in [-0.05, 0) is 63.1 Å². The summed E-state index contributed by atoms with van der Waals surface area (Å²) >= 11 is 5.66. The predicted octanol–water partition coefficient (Wildman–Crippen LogP) is 4.11. The number of nitrogens with one attached hydrogen (secondary N) is 1. The second-order valence-corrected chi connectivity index (χ2v) is 7.98. The Morgan fingerprint density at radius 2 is 1.69 bits per heavy atom. The predicted molar refractivity (Wildman–Crippen MR) is 120 cm³/mol. The zero-order valence-electron chi connectivity index (χ0n) is 17.4. The molecule has 1 saturated heterocycles. The van der Waals surface area contributed by atoms with Crippen LogP contribution in [-0.4, -0.2) is 47.7 Å². The van der Waals surface area contributed by atoms with E-state index in [1.807, 2.05) is 56.3 Å². The van der Waals surface area contributed by atoms with Crippen molar-refractivity contribution in [1.29, 1.82) is 0 Å². The highest BCUT2D eigenvalue weighted by molar-refractivity contribution is 7.80. The Morgan fingerprint density at radius 1 is 1.10 bits per heavy atom. The number of carbonyl (C=O) groups excluding carboxylic acids is 1. The lowest BCUT2D eigenvalue weighted by Gasteiger charge is -2.37. The number of rotatable bonds is 5. The molecule has 1 aliphatic rings. The number of hydrogen-bond acceptors (Lipinski definition) is 4. The van der Waals surface area contributed by atoms with Crippen molar-refractivity contribution in [3.63, 3.8) is 0 Å². The number of aryl methyl sites for hydroxylation is 2. The summed E-state index contributed by atoms with van der Waals surface area (Å²) in [6, 6.07) is 13.5. The SMILES string of the molecule is Cc1cccc(C)c1NC(=O)COc1ccc(C(=S)N2C[C@H](C)O[C@@H](C)C2)cc1. The number of morpholine rings is 1. The van der Waals surface area contributed by atoms with E-state index < -0.39 is 0 Å². The van der Waals surface area contributed by atoms with E-state index >= 15 is 0 Å². The molecular weight excluding hydrogens is 384 g/mol. The first-order valence-electron chi connectivity index (χ1n) is 9.87. The lowest BCUT2D eigenvalue weighted by atomic mass is 10.1. The van der Waals surface area contributed by atoms with E-state index in [2.05, 4.69) is 24.1 Å².